The van der Waals surface area contributed by atoms with Gasteiger partial charge in [0.25, 0.3) is 0 Å². The third-order valence-electron chi connectivity index (χ3n) is 2.91. The zero-order valence-electron chi connectivity index (χ0n) is 12.1. The molecule has 0 spiro atoms. The van der Waals surface area contributed by atoms with Gasteiger partial charge in [0.2, 0.25) is 15.9 Å². The average molecular weight is 315 g/mol. The molecule has 0 aliphatic rings. The van der Waals surface area contributed by atoms with E-state index in [4.69, 9.17) is 16.2 Å². The third kappa shape index (κ3) is 4.69. The first-order chi connectivity index (χ1) is 9.81. The predicted octanol–water partition coefficient (Wildman–Crippen LogP) is 0.461. The van der Waals surface area contributed by atoms with Crippen LogP contribution in [0, 0.1) is 0 Å². The molecule has 0 saturated carbocycles. The summed E-state index contributed by atoms with van der Waals surface area (Å²) in [6.07, 6.45) is 1.46. The van der Waals surface area contributed by atoms with Gasteiger partial charge in [-0.15, -0.1) is 0 Å². The molecular formula is C13H21N3O4S. The molecule has 0 fully saturated rings. The van der Waals surface area contributed by atoms with E-state index < -0.39 is 15.9 Å². The van der Waals surface area contributed by atoms with E-state index in [0.29, 0.717) is 6.42 Å². The van der Waals surface area contributed by atoms with Crippen LogP contribution in [-0.4, -0.2) is 34.1 Å². The molecule has 8 heteroatoms. The second-order valence-electron chi connectivity index (χ2n) is 4.68. The minimum absolute atomic E-state index is 0.0218. The Kier molecular flexibility index (Phi) is 6.13. The summed E-state index contributed by atoms with van der Waals surface area (Å²) in [4.78, 5) is 11.0. The summed E-state index contributed by atoms with van der Waals surface area (Å²) in [5.74, 6) is -0.665. The van der Waals surface area contributed by atoms with E-state index in [1.165, 1.54) is 25.3 Å². The van der Waals surface area contributed by atoms with Crippen LogP contribution in [0.5, 0.6) is 0 Å². The molecule has 0 aliphatic carbocycles. The van der Waals surface area contributed by atoms with Crippen LogP contribution in [0.4, 0.5) is 5.69 Å². The first-order valence-corrected chi connectivity index (χ1v) is 8.00. The molecule has 1 atom stereocenters. The van der Waals surface area contributed by atoms with Gasteiger partial charge in [-0.1, -0.05) is 13.3 Å². The number of nitrogen functional groups attached to an aromatic ring is 1. The summed E-state index contributed by atoms with van der Waals surface area (Å²) in [5, 5.41) is 0. The van der Waals surface area contributed by atoms with Crippen LogP contribution < -0.4 is 16.2 Å². The third-order valence-corrected chi connectivity index (χ3v) is 4.51. The maximum atomic E-state index is 12.3. The molecule has 0 bridgehead atoms. The van der Waals surface area contributed by atoms with E-state index >= 15 is 0 Å². The van der Waals surface area contributed by atoms with Crippen LogP contribution in [0.3, 0.4) is 0 Å². The van der Waals surface area contributed by atoms with Crippen molar-refractivity contribution in [3.63, 3.8) is 0 Å². The molecule has 5 N–H and O–H groups in total. The first-order valence-electron chi connectivity index (χ1n) is 6.52. The number of benzene rings is 1. The highest BCUT2D eigenvalue weighted by molar-refractivity contribution is 7.89. The Bertz CT molecular complexity index is 595. The quantitative estimate of drug-likeness (QED) is 0.601. The van der Waals surface area contributed by atoms with Crippen molar-refractivity contribution in [3.05, 3.63) is 23.8 Å². The number of hydrogen-bond donors (Lipinski definition) is 3. The number of carbonyl (C=O) groups excluding carboxylic acids is 1. The lowest BCUT2D eigenvalue weighted by Gasteiger charge is -2.18. The predicted molar refractivity (Wildman–Crippen MR) is 80.3 cm³/mol. The zero-order valence-corrected chi connectivity index (χ0v) is 12.9. The molecule has 0 saturated heterocycles. The van der Waals surface area contributed by atoms with Crippen molar-refractivity contribution >= 4 is 21.6 Å². The number of nitrogens with two attached hydrogens (primary N) is 2. The van der Waals surface area contributed by atoms with Gasteiger partial charge < -0.3 is 16.2 Å². The Balaban J connectivity index is 3.04. The molecule has 7 nitrogen and oxygen atoms in total. The van der Waals surface area contributed by atoms with Gasteiger partial charge in [0.05, 0.1) is 12.3 Å². The molecule has 118 valence electrons. The van der Waals surface area contributed by atoms with Gasteiger partial charge in [-0.3, -0.25) is 4.79 Å². The number of rotatable bonds is 8. The molecule has 1 amide bonds. The van der Waals surface area contributed by atoms with Crippen LogP contribution in [0.2, 0.25) is 0 Å². The molecule has 0 aromatic heterocycles. The summed E-state index contributed by atoms with van der Waals surface area (Å²) in [7, 11) is -2.28. The van der Waals surface area contributed by atoms with Gasteiger partial charge in [0.15, 0.2) is 0 Å². The highest BCUT2D eigenvalue weighted by atomic mass is 32.2. The summed E-state index contributed by atoms with van der Waals surface area (Å²) in [6.45, 7) is 2.22. The topological polar surface area (TPSA) is 125 Å². The molecule has 1 aromatic carbocycles. The van der Waals surface area contributed by atoms with Crippen molar-refractivity contribution in [3.8, 4) is 0 Å². The van der Waals surface area contributed by atoms with Crippen molar-refractivity contribution in [2.45, 2.75) is 30.7 Å². The van der Waals surface area contributed by atoms with E-state index in [1.807, 2.05) is 6.92 Å². The van der Waals surface area contributed by atoms with Crippen molar-refractivity contribution in [2.24, 2.45) is 5.73 Å². The van der Waals surface area contributed by atoms with Crippen LogP contribution in [0.25, 0.3) is 0 Å². The Morgan fingerprint density at radius 1 is 1.43 bits per heavy atom. The molecule has 1 aromatic rings. The van der Waals surface area contributed by atoms with Crippen molar-refractivity contribution in [1.82, 2.24) is 4.72 Å². The minimum Gasteiger partial charge on any atom is -0.398 e. The molecule has 1 rings (SSSR count). The SMILES string of the molecule is CCCC(COC)NS(=O)(=O)c1ccc(C(N)=O)cc1N. The number of hydrogen-bond acceptors (Lipinski definition) is 5. The molecule has 0 aliphatic heterocycles. The maximum Gasteiger partial charge on any atom is 0.248 e. The van der Waals surface area contributed by atoms with E-state index in [2.05, 4.69) is 4.72 Å². The summed E-state index contributed by atoms with van der Waals surface area (Å²) in [5.41, 5.74) is 11.0. The summed E-state index contributed by atoms with van der Waals surface area (Å²) >= 11 is 0. The Labute approximate surface area is 124 Å². The number of carbonyl (C=O) groups is 1. The number of methoxy groups -OCH3 is 1. The standard InChI is InChI=1S/C13H21N3O4S/c1-3-4-10(8-20-2)16-21(18,19)12-6-5-9(13(15)17)7-11(12)14/h5-7,10,16H,3-4,8,14H2,1-2H3,(H2,15,17). The summed E-state index contributed by atoms with van der Waals surface area (Å²) < 4.78 is 32.2. The fraction of sp³-hybridized carbons (Fsp3) is 0.462. The Hall–Kier alpha value is -1.64. The number of anilines is 1. The van der Waals surface area contributed by atoms with Crippen LogP contribution >= 0.6 is 0 Å². The lowest BCUT2D eigenvalue weighted by Crippen LogP contribution is -2.38. The first kappa shape index (κ1) is 17.4. The normalized spacial score (nSPS) is 13.0. The van der Waals surface area contributed by atoms with Crippen molar-refractivity contribution in [1.29, 1.82) is 0 Å². The smallest absolute Gasteiger partial charge is 0.248 e. The van der Waals surface area contributed by atoms with Gasteiger partial charge in [-0.05, 0) is 24.6 Å². The zero-order chi connectivity index (χ0) is 16.0. The minimum atomic E-state index is -3.78. The van der Waals surface area contributed by atoms with E-state index in [1.54, 1.807) is 0 Å². The van der Waals surface area contributed by atoms with Crippen molar-refractivity contribution in [2.75, 3.05) is 19.5 Å². The molecule has 1 unspecified atom stereocenters. The molecular weight excluding hydrogens is 294 g/mol. The van der Waals surface area contributed by atoms with Gasteiger partial charge in [0.1, 0.15) is 4.90 Å². The maximum absolute atomic E-state index is 12.3. The lowest BCUT2D eigenvalue weighted by molar-refractivity contribution is 0.1000. The second kappa shape index (κ2) is 7.39. The van der Waals surface area contributed by atoms with Gasteiger partial charge in [0, 0.05) is 18.7 Å². The molecule has 0 heterocycles. The lowest BCUT2D eigenvalue weighted by atomic mass is 10.2. The largest absolute Gasteiger partial charge is 0.398 e. The average Bonchev–Trinajstić information content (AvgIpc) is 2.38. The van der Waals surface area contributed by atoms with Crippen LogP contribution in [0.1, 0.15) is 30.1 Å². The number of amides is 1. The fourth-order valence-corrected chi connectivity index (χ4v) is 3.32. The van der Waals surface area contributed by atoms with Gasteiger partial charge >= 0.3 is 0 Å². The van der Waals surface area contributed by atoms with Gasteiger partial charge in [-0.25, -0.2) is 13.1 Å². The number of primary amides is 1. The highest BCUT2D eigenvalue weighted by Crippen LogP contribution is 2.20. The van der Waals surface area contributed by atoms with E-state index in [-0.39, 0.29) is 28.8 Å². The Morgan fingerprint density at radius 2 is 2.10 bits per heavy atom. The van der Waals surface area contributed by atoms with Gasteiger partial charge in [-0.2, -0.15) is 0 Å². The highest BCUT2D eigenvalue weighted by Gasteiger charge is 2.22. The van der Waals surface area contributed by atoms with Crippen LogP contribution in [0.15, 0.2) is 23.1 Å². The van der Waals surface area contributed by atoms with E-state index in [0.717, 1.165) is 6.42 Å². The second-order valence-corrected chi connectivity index (χ2v) is 6.36. The number of ether oxygens (including phenoxy) is 1. The van der Waals surface area contributed by atoms with Crippen LogP contribution in [-0.2, 0) is 14.8 Å². The summed E-state index contributed by atoms with van der Waals surface area (Å²) in [6, 6.07) is 3.52. The van der Waals surface area contributed by atoms with E-state index in [9.17, 15) is 13.2 Å². The number of nitrogens with one attached hydrogen (secondary N) is 1. The molecule has 21 heavy (non-hydrogen) atoms. The monoisotopic (exact) mass is 315 g/mol. The number of sulfonamides is 1. The molecule has 0 radical (unpaired) electrons. The Morgan fingerprint density at radius 3 is 2.57 bits per heavy atom. The van der Waals surface area contributed by atoms with Crippen molar-refractivity contribution < 1.29 is 17.9 Å². The fourth-order valence-electron chi connectivity index (χ4n) is 1.96.